The molecule has 0 radical (unpaired) electrons. The van der Waals surface area contributed by atoms with Gasteiger partial charge in [0.05, 0.1) is 12.6 Å². The van der Waals surface area contributed by atoms with Crippen LogP contribution in [0.4, 0.5) is 0 Å². The summed E-state index contributed by atoms with van der Waals surface area (Å²) in [5.41, 5.74) is 0. The molecular weight excluding hydrogens is 220 g/mol. The summed E-state index contributed by atoms with van der Waals surface area (Å²) in [6.45, 7) is 8.89. The van der Waals surface area contributed by atoms with E-state index in [4.69, 9.17) is 5.11 Å². The zero-order chi connectivity index (χ0) is 13.4. The van der Waals surface area contributed by atoms with Gasteiger partial charge in [0.1, 0.15) is 0 Å². The minimum atomic E-state index is -0.901. The van der Waals surface area contributed by atoms with E-state index in [1.165, 1.54) is 0 Å². The van der Waals surface area contributed by atoms with Gasteiger partial charge in [0, 0.05) is 6.54 Å². The SMILES string of the molecule is CCCN(CC(=O)O)C(C)C(=O)NCC(C)C. The van der Waals surface area contributed by atoms with Gasteiger partial charge in [0.15, 0.2) is 0 Å². The first-order chi connectivity index (χ1) is 7.88. The lowest BCUT2D eigenvalue weighted by Crippen LogP contribution is -2.48. The highest BCUT2D eigenvalue weighted by Crippen LogP contribution is 2.01. The second-order valence-corrected chi connectivity index (χ2v) is 4.68. The molecule has 5 nitrogen and oxygen atoms in total. The first-order valence-electron chi connectivity index (χ1n) is 6.12. The first-order valence-corrected chi connectivity index (χ1v) is 6.12. The highest BCUT2D eigenvalue weighted by atomic mass is 16.4. The highest BCUT2D eigenvalue weighted by Gasteiger charge is 2.22. The number of nitrogens with zero attached hydrogens (tertiary/aromatic N) is 1. The summed E-state index contributed by atoms with van der Waals surface area (Å²) in [5.74, 6) is -0.611. The summed E-state index contributed by atoms with van der Waals surface area (Å²) < 4.78 is 0. The molecule has 0 aliphatic rings. The molecule has 0 rings (SSSR count). The monoisotopic (exact) mass is 244 g/mol. The van der Waals surface area contributed by atoms with E-state index in [9.17, 15) is 9.59 Å². The molecule has 17 heavy (non-hydrogen) atoms. The molecule has 0 aromatic heterocycles. The normalized spacial score (nSPS) is 12.8. The Morgan fingerprint density at radius 2 is 1.88 bits per heavy atom. The Kier molecular flexibility index (Phi) is 7.54. The van der Waals surface area contributed by atoms with Crippen molar-refractivity contribution >= 4 is 11.9 Å². The molecule has 2 N–H and O–H groups in total. The fraction of sp³-hybridized carbons (Fsp3) is 0.833. The summed E-state index contributed by atoms with van der Waals surface area (Å²) in [6.07, 6.45) is 0.828. The third kappa shape index (κ3) is 6.94. The third-order valence-corrected chi connectivity index (χ3v) is 2.46. The molecule has 0 spiro atoms. The molecule has 0 aliphatic carbocycles. The molecule has 0 heterocycles. The molecule has 0 aliphatic heterocycles. The number of amides is 1. The van der Waals surface area contributed by atoms with E-state index in [2.05, 4.69) is 5.32 Å². The number of nitrogens with one attached hydrogen (secondary N) is 1. The van der Waals surface area contributed by atoms with Crippen molar-refractivity contribution in [1.29, 1.82) is 0 Å². The van der Waals surface area contributed by atoms with Crippen molar-refractivity contribution in [2.24, 2.45) is 5.92 Å². The summed E-state index contributed by atoms with van der Waals surface area (Å²) in [4.78, 5) is 24.2. The van der Waals surface area contributed by atoms with Gasteiger partial charge in [-0.15, -0.1) is 0 Å². The molecule has 5 heteroatoms. The van der Waals surface area contributed by atoms with Crippen molar-refractivity contribution in [3.63, 3.8) is 0 Å². The number of carboxylic acid groups (broad SMARTS) is 1. The van der Waals surface area contributed by atoms with Crippen molar-refractivity contribution in [3.8, 4) is 0 Å². The molecular formula is C12H24N2O3. The van der Waals surface area contributed by atoms with E-state index in [0.29, 0.717) is 19.0 Å². The van der Waals surface area contributed by atoms with Gasteiger partial charge in [-0.25, -0.2) is 0 Å². The summed E-state index contributed by atoms with van der Waals surface area (Å²) >= 11 is 0. The smallest absolute Gasteiger partial charge is 0.317 e. The molecule has 1 amide bonds. The topological polar surface area (TPSA) is 69.6 Å². The predicted octanol–water partition coefficient (Wildman–Crippen LogP) is 0.944. The lowest BCUT2D eigenvalue weighted by molar-refractivity contribution is -0.139. The predicted molar refractivity (Wildman–Crippen MR) is 66.8 cm³/mol. The van der Waals surface area contributed by atoms with Crippen LogP contribution >= 0.6 is 0 Å². The zero-order valence-corrected chi connectivity index (χ0v) is 11.2. The Labute approximate surface area is 103 Å². The number of rotatable bonds is 8. The lowest BCUT2D eigenvalue weighted by Gasteiger charge is -2.26. The standard InChI is InChI=1S/C12H24N2O3/c1-5-6-14(8-11(15)16)10(4)12(17)13-7-9(2)3/h9-10H,5-8H2,1-4H3,(H,13,17)(H,15,16). The van der Waals surface area contributed by atoms with Crippen LogP contribution in [0.2, 0.25) is 0 Å². The second-order valence-electron chi connectivity index (χ2n) is 4.68. The van der Waals surface area contributed by atoms with Gasteiger partial charge >= 0.3 is 5.97 Å². The van der Waals surface area contributed by atoms with E-state index in [1.807, 2.05) is 20.8 Å². The summed E-state index contributed by atoms with van der Waals surface area (Å²) in [7, 11) is 0. The Balaban J connectivity index is 4.32. The van der Waals surface area contributed by atoms with Crippen LogP contribution in [0.5, 0.6) is 0 Å². The maximum atomic E-state index is 11.8. The van der Waals surface area contributed by atoms with E-state index in [-0.39, 0.29) is 12.5 Å². The van der Waals surface area contributed by atoms with Crippen LogP contribution in [-0.2, 0) is 9.59 Å². The van der Waals surface area contributed by atoms with Crippen LogP contribution in [0.25, 0.3) is 0 Å². The number of carbonyl (C=O) groups excluding carboxylic acids is 1. The van der Waals surface area contributed by atoms with Crippen molar-refractivity contribution in [1.82, 2.24) is 10.2 Å². The van der Waals surface area contributed by atoms with Crippen molar-refractivity contribution in [2.75, 3.05) is 19.6 Å². The minimum absolute atomic E-state index is 0.0931. The molecule has 0 bridgehead atoms. The fourth-order valence-corrected chi connectivity index (χ4v) is 1.49. The van der Waals surface area contributed by atoms with Gasteiger partial charge in [-0.05, 0) is 25.8 Å². The average molecular weight is 244 g/mol. The van der Waals surface area contributed by atoms with Crippen LogP contribution in [-0.4, -0.2) is 47.6 Å². The quantitative estimate of drug-likeness (QED) is 0.667. The number of aliphatic carboxylic acids is 1. The molecule has 1 unspecified atom stereocenters. The molecule has 1 atom stereocenters. The lowest BCUT2D eigenvalue weighted by atomic mass is 10.2. The number of hydrogen-bond donors (Lipinski definition) is 2. The van der Waals surface area contributed by atoms with Gasteiger partial charge in [0.25, 0.3) is 0 Å². The van der Waals surface area contributed by atoms with Crippen LogP contribution in [0, 0.1) is 5.92 Å². The molecule has 0 saturated carbocycles. The maximum Gasteiger partial charge on any atom is 0.317 e. The molecule has 0 aromatic carbocycles. The molecule has 0 aromatic rings. The van der Waals surface area contributed by atoms with Gasteiger partial charge < -0.3 is 10.4 Å². The van der Waals surface area contributed by atoms with Crippen LogP contribution in [0.1, 0.15) is 34.1 Å². The zero-order valence-electron chi connectivity index (χ0n) is 11.2. The molecule has 100 valence electrons. The van der Waals surface area contributed by atoms with Crippen molar-refractivity contribution < 1.29 is 14.7 Å². The Hall–Kier alpha value is -1.10. The molecule has 0 fully saturated rings. The first kappa shape index (κ1) is 15.9. The highest BCUT2D eigenvalue weighted by molar-refractivity contribution is 5.82. The number of hydrogen-bond acceptors (Lipinski definition) is 3. The van der Waals surface area contributed by atoms with Gasteiger partial charge in [-0.3, -0.25) is 14.5 Å². The van der Waals surface area contributed by atoms with E-state index >= 15 is 0 Å². The fourth-order valence-electron chi connectivity index (χ4n) is 1.49. The van der Waals surface area contributed by atoms with Crippen molar-refractivity contribution in [3.05, 3.63) is 0 Å². The van der Waals surface area contributed by atoms with E-state index < -0.39 is 12.0 Å². The summed E-state index contributed by atoms with van der Waals surface area (Å²) in [5, 5.41) is 11.6. The van der Waals surface area contributed by atoms with E-state index in [1.54, 1.807) is 11.8 Å². The number of carbonyl (C=O) groups is 2. The largest absolute Gasteiger partial charge is 0.480 e. The average Bonchev–Trinajstić information content (AvgIpc) is 2.23. The van der Waals surface area contributed by atoms with Crippen LogP contribution in [0.3, 0.4) is 0 Å². The van der Waals surface area contributed by atoms with Gasteiger partial charge in [0.2, 0.25) is 5.91 Å². The maximum absolute atomic E-state index is 11.8. The van der Waals surface area contributed by atoms with E-state index in [0.717, 1.165) is 6.42 Å². The number of carboxylic acids is 1. The minimum Gasteiger partial charge on any atom is -0.480 e. The van der Waals surface area contributed by atoms with Crippen molar-refractivity contribution in [2.45, 2.75) is 40.2 Å². The van der Waals surface area contributed by atoms with Crippen LogP contribution < -0.4 is 5.32 Å². The summed E-state index contributed by atoms with van der Waals surface area (Å²) in [6, 6.07) is -0.398. The Bertz CT molecular complexity index is 254. The molecule has 0 saturated heterocycles. The van der Waals surface area contributed by atoms with Crippen LogP contribution in [0.15, 0.2) is 0 Å². The van der Waals surface area contributed by atoms with Gasteiger partial charge in [-0.2, -0.15) is 0 Å². The Morgan fingerprint density at radius 3 is 2.29 bits per heavy atom. The second kappa shape index (κ2) is 8.06. The third-order valence-electron chi connectivity index (χ3n) is 2.46. The Morgan fingerprint density at radius 1 is 1.29 bits per heavy atom. The van der Waals surface area contributed by atoms with Gasteiger partial charge in [-0.1, -0.05) is 20.8 Å².